The van der Waals surface area contributed by atoms with Gasteiger partial charge in [0.15, 0.2) is 0 Å². The third-order valence-electron chi connectivity index (χ3n) is 6.56. The highest BCUT2D eigenvalue weighted by atomic mass is 19.4. The van der Waals surface area contributed by atoms with Crippen LogP contribution in [0.25, 0.3) is 0 Å². The van der Waals surface area contributed by atoms with Crippen LogP contribution in [0.4, 0.5) is 26.3 Å². The van der Waals surface area contributed by atoms with Crippen molar-refractivity contribution in [1.29, 1.82) is 0 Å². The second kappa shape index (κ2) is 10.8. The van der Waals surface area contributed by atoms with Crippen molar-refractivity contribution in [2.45, 2.75) is 77.0 Å². The molecule has 1 aliphatic carbocycles. The average Bonchev–Trinajstić information content (AvgIpc) is 2.76. The lowest BCUT2D eigenvalue weighted by molar-refractivity contribution is -0.185. The van der Waals surface area contributed by atoms with Crippen molar-refractivity contribution in [2.75, 3.05) is 0 Å². The van der Waals surface area contributed by atoms with Crippen molar-refractivity contribution in [3.8, 4) is 5.75 Å². The molecule has 0 aromatic heterocycles. The van der Waals surface area contributed by atoms with E-state index in [-0.39, 0.29) is 0 Å². The Labute approximate surface area is 191 Å². The van der Waals surface area contributed by atoms with Gasteiger partial charge in [-0.3, -0.25) is 0 Å². The van der Waals surface area contributed by atoms with Gasteiger partial charge in [0.2, 0.25) is 0 Å². The quantitative estimate of drug-likeness (QED) is 0.331. The fourth-order valence-corrected chi connectivity index (χ4v) is 4.53. The van der Waals surface area contributed by atoms with Crippen molar-refractivity contribution in [1.82, 2.24) is 0 Å². The maximum Gasteiger partial charge on any atom is 0.426 e. The minimum atomic E-state index is -4.91. The summed E-state index contributed by atoms with van der Waals surface area (Å²) in [5.74, 6) is -0.822. The molecule has 1 saturated carbocycles. The van der Waals surface area contributed by atoms with E-state index >= 15 is 0 Å². The van der Waals surface area contributed by atoms with Crippen LogP contribution < -0.4 is 4.74 Å². The van der Waals surface area contributed by atoms with Crippen molar-refractivity contribution in [2.24, 2.45) is 11.8 Å². The molecule has 0 radical (unpaired) electrons. The fourth-order valence-electron chi connectivity index (χ4n) is 4.53. The van der Waals surface area contributed by atoms with E-state index in [4.69, 9.17) is 0 Å². The number of aryl methyl sites for hydroxylation is 1. The first-order valence-corrected chi connectivity index (χ1v) is 11.6. The number of hydrogen-bond donors (Lipinski definition) is 0. The normalized spacial score (nSPS) is 19.5. The average molecular weight is 473 g/mol. The lowest BCUT2D eigenvalue weighted by Crippen LogP contribution is -2.22. The molecule has 2 aromatic rings. The highest BCUT2D eigenvalue weighted by molar-refractivity contribution is 5.32. The highest BCUT2D eigenvalue weighted by Crippen LogP contribution is 2.37. The van der Waals surface area contributed by atoms with Crippen molar-refractivity contribution < 1.29 is 31.1 Å². The lowest BCUT2D eigenvalue weighted by Gasteiger charge is -2.28. The SMILES string of the molecule is CCCCC1CCC(CCc2ccc(C(F)(F)Oc3ccc(C(F)(F)F)c(F)c3)cc2)CC1. The van der Waals surface area contributed by atoms with Crippen LogP contribution in [0.15, 0.2) is 42.5 Å². The van der Waals surface area contributed by atoms with Crippen LogP contribution >= 0.6 is 0 Å². The predicted octanol–water partition coefficient (Wildman–Crippen LogP) is 8.90. The molecule has 0 amide bonds. The Bertz CT molecular complexity index is 883. The first kappa shape index (κ1) is 25.4. The summed E-state index contributed by atoms with van der Waals surface area (Å²) >= 11 is 0. The van der Waals surface area contributed by atoms with Crippen LogP contribution in [0.2, 0.25) is 0 Å². The van der Waals surface area contributed by atoms with Gasteiger partial charge >= 0.3 is 12.3 Å². The maximum absolute atomic E-state index is 14.5. The van der Waals surface area contributed by atoms with Gasteiger partial charge in [0.25, 0.3) is 0 Å². The Morgan fingerprint density at radius 1 is 0.848 bits per heavy atom. The van der Waals surface area contributed by atoms with E-state index in [1.807, 2.05) is 0 Å². The largest absolute Gasteiger partial charge is 0.429 e. The first-order valence-electron chi connectivity index (χ1n) is 11.6. The zero-order chi connectivity index (χ0) is 24.1. The molecule has 0 atom stereocenters. The second-order valence-corrected chi connectivity index (χ2v) is 9.02. The summed E-state index contributed by atoms with van der Waals surface area (Å²) in [6.07, 6.45) is 1.97. The molecule has 0 N–H and O–H groups in total. The zero-order valence-corrected chi connectivity index (χ0v) is 18.7. The molecule has 33 heavy (non-hydrogen) atoms. The van der Waals surface area contributed by atoms with E-state index in [0.29, 0.717) is 24.1 Å². The third-order valence-corrected chi connectivity index (χ3v) is 6.56. The maximum atomic E-state index is 14.5. The zero-order valence-electron chi connectivity index (χ0n) is 18.7. The van der Waals surface area contributed by atoms with E-state index in [0.717, 1.165) is 24.3 Å². The van der Waals surface area contributed by atoms with Crippen LogP contribution in [0.5, 0.6) is 5.75 Å². The van der Waals surface area contributed by atoms with Crippen molar-refractivity contribution >= 4 is 0 Å². The van der Waals surface area contributed by atoms with E-state index in [1.165, 1.54) is 57.1 Å². The summed E-state index contributed by atoms with van der Waals surface area (Å²) in [6, 6.07) is 7.13. The molecule has 182 valence electrons. The highest BCUT2D eigenvalue weighted by Gasteiger charge is 2.37. The minimum Gasteiger partial charge on any atom is -0.429 e. The van der Waals surface area contributed by atoms with E-state index in [1.54, 1.807) is 12.1 Å². The van der Waals surface area contributed by atoms with Gasteiger partial charge in [-0.15, -0.1) is 0 Å². The summed E-state index contributed by atoms with van der Waals surface area (Å²) in [5, 5.41) is 0. The van der Waals surface area contributed by atoms with Crippen LogP contribution in [0.1, 0.15) is 75.0 Å². The fraction of sp³-hybridized carbons (Fsp3) is 0.538. The Hall–Kier alpha value is -2.18. The van der Waals surface area contributed by atoms with Crippen LogP contribution in [-0.2, 0) is 18.7 Å². The number of benzene rings is 2. The molecule has 1 fully saturated rings. The van der Waals surface area contributed by atoms with Crippen LogP contribution in [-0.4, -0.2) is 0 Å². The molecule has 3 rings (SSSR count). The number of ether oxygens (including phenoxy) is 1. The van der Waals surface area contributed by atoms with Crippen LogP contribution in [0, 0.1) is 17.7 Å². The van der Waals surface area contributed by atoms with Gasteiger partial charge in [0, 0.05) is 6.07 Å². The molecule has 0 bridgehead atoms. The number of hydrogen-bond acceptors (Lipinski definition) is 1. The Kier molecular flexibility index (Phi) is 8.35. The number of unbranched alkanes of at least 4 members (excludes halogenated alkanes) is 1. The van der Waals surface area contributed by atoms with Crippen molar-refractivity contribution in [3.05, 3.63) is 65.0 Å². The van der Waals surface area contributed by atoms with Gasteiger partial charge in [-0.25, -0.2) is 4.39 Å². The number of halogens is 6. The van der Waals surface area contributed by atoms with E-state index in [2.05, 4.69) is 11.7 Å². The van der Waals surface area contributed by atoms with Gasteiger partial charge in [-0.1, -0.05) is 64.0 Å². The third kappa shape index (κ3) is 7.15. The summed E-state index contributed by atoms with van der Waals surface area (Å²) in [5.41, 5.74) is -1.02. The number of alkyl halides is 5. The number of rotatable bonds is 9. The summed E-state index contributed by atoms with van der Waals surface area (Å²) in [4.78, 5) is 0. The topological polar surface area (TPSA) is 9.23 Å². The van der Waals surface area contributed by atoms with Gasteiger partial charge < -0.3 is 4.74 Å². The van der Waals surface area contributed by atoms with Gasteiger partial charge in [-0.05, 0) is 54.5 Å². The lowest BCUT2D eigenvalue weighted by atomic mass is 9.78. The van der Waals surface area contributed by atoms with Gasteiger partial charge in [0.1, 0.15) is 11.6 Å². The first-order chi connectivity index (χ1) is 15.6. The van der Waals surface area contributed by atoms with Gasteiger partial charge in [-0.2, -0.15) is 22.0 Å². The van der Waals surface area contributed by atoms with E-state index < -0.39 is 35.0 Å². The predicted molar refractivity (Wildman–Crippen MR) is 116 cm³/mol. The summed E-state index contributed by atoms with van der Waals surface area (Å²) in [6.45, 7) is 2.22. The molecule has 0 unspecified atom stereocenters. The van der Waals surface area contributed by atoms with Crippen molar-refractivity contribution in [3.63, 3.8) is 0 Å². The van der Waals surface area contributed by atoms with E-state index in [9.17, 15) is 26.3 Å². The second-order valence-electron chi connectivity index (χ2n) is 9.02. The summed E-state index contributed by atoms with van der Waals surface area (Å²) in [7, 11) is 0. The smallest absolute Gasteiger partial charge is 0.426 e. The molecular formula is C26H30F6O. The van der Waals surface area contributed by atoms with Crippen LogP contribution in [0.3, 0.4) is 0 Å². The molecule has 1 nitrogen and oxygen atoms in total. The summed E-state index contributed by atoms with van der Waals surface area (Å²) < 4.78 is 85.0. The molecule has 7 heteroatoms. The molecule has 1 aliphatic rings. The Morgan fingerprint density at radius 2 is 1.45 bits per heavy atom. The molecular weight excluding hydrogens is 442 g/mol. The minimum absolute atomic E-state index is 0.322. The molecule has 0 heterocycles. The molecule has 0 saturated heterocycles. The van der Waals surface area contributed by atoms with Gasteiger partial charge in [0.05, 0.1) is 11.1 Å². The Balaban J connectivity index is 1.53. The molecule has 0 spiro atoms. The molecule has 0 aliphatic heterocycles. The molecule has 2 aromatic carbocycles. The Morgan fingerprint density at radius 3 is 2.00 bits per heavy atom. The standard InChI is InChI=1S/C26H30F6O/c1-2-3-4-18-5-7-19(8-6-18)9-10-20-11-13-21(14-12-20)26(31,32)33-22-15-16-23(24(27)17-22)25(28,29)30/h11-19H,2-10H2,1H3. The monoisotopic (exact) mass is 472 g/mol.